The smallest absolute Gasteiger partial charge is 0.262 e. The quantitative estimate of drug-likeness (QED) is 0.792. The minimum absolute atomic E-state index is 0.0194. The van der Waals surface area contributed by atoms with Crippen LogP contribution in [0.5, 0.6) is 0 Å². The van der Waals surface area contributed by atoms with E-state index in [0.29, 0.717) is 19.6 Å². The molecule has 8 nitrogen and oxygen atoms in total. The first kappa shape index (κ1) is 17.8. The number of aryl methyl sites for hydroxylation is 1. The summed E-state index contributed by atoms with van der Waals surface area (Å²) in [6, 6.07) is -0.451. The predicted molar refractivity (Wildman–Crippen MR) is 88.0 cm³/mol. The van der Waals surface area contributed by atoms with E-state index in [9.17, 15) is 13.5 Å². The van der Waals surface area contributed by atoms with Gasteiger partial charge in [-0.25, -0.2) is 13.4 Å². The molecule has 0 aromatic carbocycles. The van der Waals surface area contributed by atoms with Crippen LogP contribution in [0.4, 0.5) is 0 Å². The molecule has 0 bridgehead atoms. The summed E-state index contributed by atoms with van der Waals surface area (Å²) in [5, 5.41) is 10.9. The molecule has 1 N–H and O–H groups in total. The highest BCUT2D eigenvalue weighted by Gasteiger charge is 2.41. The average molecular weight is 358 g/mol. The molecule has 2 aliphatic rings. The van der Waals surface area contributed by atoms with Gasteiger partial charge in [-0.1, -0.05) is 6.42 Å². The first-order valence-electron chi connectivity index (χ1n) is 8.37. The van der Waals surface area contributed by atoms with Gasteiger partial charge in [-0.3, -0.25) is 4.90 Å². The molecule has 2 heterocycles. The van der Waals surface area contributed by atoms with Crippen molar-refractivity contribution in [1.29, 1.82) is 0 Å². The van der Waals surface area contributed by atoms with E-state index < -0.39 is 22.2 Å². The van der Waals surface area contributed by atoms with E-state index in [1.807, 2.05) is 0 Å². The van der Waals surface area contributed by atoms with Crippen LogP contribution in [-0.4, -0.2) is 83.8 Å². The maximum absolute atomic E-state index is 12.8. The molecule has 2 fully saturated rings. The molecule has 1 aliphatic heterocycles. The van der Waals surface area contributed by atoms with E-state index in [2.05, 4.69) is 9.88 Å². The fourth-order valence-electron chi connectivity index (χ4n) is 3.69. The first-order chi connectivity index (χ1) is 11.4. The zero-order valence-electron chi connectivity index (χ0n) is 14.2. The lowest BCUT2D eigenvalue weighted by atomic mass is 9.87. The van der Waals surface area contributed by atoms with Crippen molar-refractivity contribution in [1.82, 2.24) is 18.8 Å². The van der Waals surface area contributed by atoms with Crippen LogP contribution in [0.25, 0.3) is 0 Å². The summed E-state index contributed by atoms with van der Waals surface area (Å²) < 4.78 is 33.8. The van der Waals surface area contributed by atoms with E-state index in [0.717, 1.165) is 25.9 Å². The van der Waals surface area contributed by atoms with Crippen molar-refractivity contribution >= 4 is 10.0 Å². The highest BCUT2D eigenvalue weighted by atomic mass is 32.2. The maximum Gasteiger partial charge on any atom is 0.262 e. The van der Waals surface area contributed by atoms with E-state index in [1.54, 1.807) is 18.7 Å². The number of imidazole rings is 1. The van der Waals surface area contributed by atoms with Gasteiger partial charge in [0.05, 0.1) is 31.7 Å². The summed E-state index contributed by atoms with van der Waals surface area (Å²) in [6.45, 7) is 2.89. The second kappa shape index (κ2) is 7.09. The highest BCUT2D eigenvalue weighted by Crippen LogP contribution is 2.29. The number of sulfonamides is 1. The van der Waals surface area contributed by atoms with Crippen LogP contribution in [0.3, 0.4) is 0 Å². The van der Waals surface area contributed by atoms with Gasteiger partial charge in [0.15, 0.2) is 5.03 Å². The second-order valence-corrected chi connectivity index (χ2v) is 8.55. The van der Waals surface area contributed by atoms with Crippen LogP contribution in [0.15, 0.2) is 17.6 Å². The van der Waals surface area contributed by atoms with Crippen LogP contribution in [0, 0.1) is 0 Å². The molecule has 0 unspecified atom stereocenters. The van der Waals surface area contributed by atoms with Gasteiger partial charge in [0.2, 0.25) is 0 Å². The van der Waals surface area contributed by atoms with E-state index in [4.69, 9.17) is 4.74 Å². The third-order valence-corrected chi connectivity index (χ3v) is 6.86. The fraction of sp³-hybridized carbons (Fsp3) is 0.800. The Morgan fingerprint density at radius 3 is 2.67 bits per heavy atom. The zero-order chi connectivity index (χ0) is 17.3. The van der Waals surface area contributed by atoms with Gasteiger partial charge < -0.3 is 14.4 Å². The summed E-state index contributed by atoms with van der Waals surface area (Å²) >= 11 is 0. The molecule has 9 heteroatoms. The van der Waals surface area contributed by atoms with Gasteiger partial charge in [-0.2, -0.15) is 4.31 Å². The minimum atomic E-state index is -3.71. The lowest BCUT2D eigenvalue weighted by Crippen LogP contribution is -2.58. The molecule has 1 aromatic heterocycles. The Labute approximate surface area is 143 Å². The SMILES string of the molecule is CN([C@@H]1CCC[C@@H](N2CCOCC2)[C@@H]1O)S(=O)(=O)c1cn(C)cn1. The Morgan fingerprint density at radius 1 is 1.33 bits per heavy atom. The Balaban J connectivity index is 1.77. The van der Waals surface area contributed by atoms with Crippen molar-refractivity contribution < 1.29 is 18.3 Å². The fourth-order valence-corrected chi connectivity index (χ4v) is 5.05. The Morgan fingerprint density at radius 2 is 2.04 bits per heavy atom. The lowest BCUT2D eigenvalue weighted by molar-refractivity contribution is -0.0555. The van der Waals surface area contributed by atoms with Gasteiger partial charge in [-0.15, -0.1) is 0 Å². The van der Waals surface area contributed by atoms with Crippen molar-refractivity contribution in [2.24, 2.45) is 7.05 Å². The number of nitrogens with zero attached hydrogens (tertiary/aromatic N) is 4. The van der Waals surface area contributed by atoms with Crippen LogP contribution in [0.1, 0.15) is 19.3 Å². The molecule has 1 saturated carbocycles. The number of hydrogen-bond donors (Lipinski definition) is 1. The number of aromatic nitrogens is 2. The largest absolute Gasteiger partial charge is 0.390 e. The van der Waals surface area contributed by atoms with Crippen LogP contribution >= 0.6 is 0 Å². The number of aliphatic hydroxyl groups excluding tert-OH is 1. The number of aliphatic hydroxyl groups is 1. The molecule has 3 rings (SSSR count). The molecule has 0 spiro atoms. The number of morpholine rings is 1. The third kappa shape index (κ3) is 3.36. The standard InChI is InChI=1S/C15H26N4O4S/c1-17-10-14(16-11-17)24(21,22)18(2)12-4-3-5-13(15(12)20)19-6-8-23-9-7-19/h10-13,15,20H,3-9H2,1-2H3/t12-,13-,15-/m1/s1. The number of rotatable bonds is 4. The van der Waals surface area contributed by atoms with Gasteiger partial charge >= 0.3 is 0 Å². The molecule has 3 atom stereocenters. The van der Waals surface area contributed by atoms with Gasteiger partial charge in [0.25, 0.3) is 10.0 Å². The maximum atomic E-state index is 12.8. The van der Waals surface area contributed by atoms with Gasteiger partial charge in [0.1, 0.15) is 0 Å². The second-order valence-electron chi connectivity index (χ2n) is 6.60. The van der Waals surface area contributed by atoms with Crippen molar-refractivity contribution in [3.05, 3.63) is 12.5 Å². The Bertz CT molecular complexity index is 656. The topological polar surface area (TPSA) is 87.9 Å². The number of ether oxygens (including phenoxy) is 1. The summed E-state index contributed by atoms with van der Waals surface area (Å²) in [5.74, 6) is 0. The molecule has 1 aromatic rings. The van der Waals surface area contributed by atoms with Crippen LogP contribution in [0.2, 0.25) is 0 Å². The summed E-state index contributed by atoms with van der Waals surface area (Å²) in [4.78, 5) is 6.19. The Kier molecular flexibility index (Phi) is 5.26. The molecule has 1 saturated heterocycles. The Hall–Kier alpha value is -1.00. The number of hydrogen-bond acceptors (Lipinski definition) is 6. The summed E-state index contributed by atoms with van der Waals surface area (Å²) in [7, 11) is -0.433. The van der Waals surface area contributed by atoms with Crippen molar-refractivity contribution in [3.63, 3.8) is 0 Å². The third-order valence-electron chi connectivity index (χ3n) is 5.09. The first-order valence-corrected chi connectivity index (χ1v) is 9.81. The monoisotopic (exact) mass is 358 g/mol. The van der Waals surface area contributed by atoms with Gasteiger partial charge in [0, 0.05) is 39.4 Å². The van der Waals surface area contributed by atoms with E-state index >= 15 is 0 Å². The van der Waals surface area contributed by atoms with E-state index in [1.165, 1.54) is 16.8 Å². The highest BCUT2D eigenvalue weighted by molar-refractivity contribution is 7.89. The minimum Gasteiger partial charge on any atom is -0.390 e. The summed E-state index contributed by atoms with van der Waals surface area (Å²) in [5.41, 5.74) is 0. The van der Waals surface area contributed by atoms with Crippen molar-refractivity contribution in [3.8, 4) is 0 Å². The molecule has 0 radical (unpaired) electrons. The van der Waals surface area contributed by atoms with Crippen molar-refractivity contribution in [2.45, 2.75) is 42.5 Å². The lowest BCUT2D eigenvalue weighted by Gasteiger charge is -2.44. The van der Waals surface area contributed by atoms with Crippen molar-refractivity contribution in [2.75, 3.05) is 33.4 Å². The van der Waals surface area contributed by atoms with Gasteiger partial charge in [-0.05, 0) is 12.8 Å². The number of likely N-dealkylation sites (N-methyl/N-ethyl adjacent to an activating group) is 1. The predicted octanol–water partition coefficient (Wildman–Crippen LogP) is -0.345. The molecular formula is C15H26N4O4S. The molecule has 0 amide bonds. The van der Waals surface area contributed by atoms with Crippen LogP contribution < -0.4 is 0 Å². The molecule has 136 valence electrons. The summed E-state index contributed by atoms with van der Waals surface area (Å²) in [6.07, 6.45) is 4.68. The molecule has 1 aliphatic carbocycles. The van der Waals surface area contributed by atoms with E-state index in [-0.39, 0.29) is 11.1 Å². The zero-order valence-corrected chi connectivity index (χ0v) is 15.0. The molecule has 24 heavy (non-hydrogen) atoms. The average Bonchev–Trinajstić information content (AvgIpc) is 3.02. The molecular weight excluding hydrogens is 332 g/mol. The van der Waals surface area contributed by atoms with Crippen LogP contribution in [-0.2, 0) is 21.8 Å². The normalized spacial score (nSPS) is 29.9.